The molecule has 0 bridgehead atoms. The molecule has 3 aromatic rings. The van der Waals surface area contributed by atoms with Gasteiger partial charge in [0.15, 0.2) is 0 Å². The summed E-state index contributed by atoms with van der Waals surface area (Å²) in [4.78, 5) is 23.2. The van der Waals surface area contributed by atoms with Crippen LogP contribution in [0.4, 0.5) is 32.4 Å². The molecule has 0 saturated carbocycles. The third-order valence-electron chi connectivity index (χ3n) is 5.13. The molecule has 1 atom stereocenters. The number of benzene rings is 2. The Hall–Kier alpha value is -3.91. The molecule has 1 aliphatic heterocycles. The van der Waals surface area contributed by atoms with E-state index in [4.69, 9.17) is 31.0 Å². The number of carbonyl (C=O) groups excluding carboxylic acids is 1. The van der Waals surface area contributed by atoms with E-state index in [0.29, 0.717) is 37.0 Å². The number of amides is 2. The van der Waals surface area contributed by atoms with Gasteiger partial charge in [-0.1, -0.05) is 23.7 Å². The number of nitrogens with one attached hydrogen (secondary N) is 1. The molecule has 9 nitrogen and oxygen atoms in total. The SMILES string of the molecule is O=C(Nc1cnn(Cc2ccc(F)cc2)c1)N1CCOC(COc2cc(F)ccc2Cl)C1.O=C(O)C(F)(F)F. The summed E-state index contributed by atoms with van der Waals surface area (Å²) < 4.78 is 71.0. The Morgan fingerprint density at radius 3 is 2.49 bits per heavy atom. The van der Waals surface area contributed by atoms with Gasteiger partial charge in [0, 0.05) is 18.8 Å². The molecule has 2 heterocycles. The van der Waals surface area contributed by atoms with E-state index < -0.39 is 18.0 Å². The van der Waals surface area contributed by atoms with Crippen molar-refractivity contribution in [2.24, 2.45) is 0 Å². The Bertz CT molecular complexity index is 1270. The maximum atomic E-state index is 13.4. The highest BCUT2D eigenvalue weighted by Gasteiger charge is 2.38. The predicted molar refractivity (Wildman–Crippen MR) is 129 cm³/mol. The first kappa shape index (κ1) is 29.6. The smallest absolute Gasteiger partial charge is 0.489 e. The number of aliphatic carboxylic acids is 1. The molecule has 0 spiro atoms. The molecule has 0 aliphatic carbocycles. The molecule has 0 radical (unpaired) electrons. The van der Waals surface area contributed by atoms with Gasteiger partial charge in [0.25, 0.3) is 0 Å². The van der Waals surface area contributed by atoms with Crippen molar-refractivity contribution in [1.29, 1.82) is 0 Å². The molecular formula is C24H22ClF5N4O5. The van der Waals surface area contributed by atoms with Crippen molar-refractivity contribution in [3.05, 3.63) is 77.1 Å². The van der Waals surface area contributed by atoms with Crippen molar-refractivity contribution in [2.75, 3.05) is 31.6 Å². The van der Waals surface area contributed by atoms with Crippen LogP contribution in [0.3, 0.4) is 0 Å². The van der Waals surface area contributed by atoms with Crippen LogP contribution < -0.4 is 10.1 Å². The quantitative estimate of drug-likeness (QED) is 0.408. The van der Waals surface area contributed by atoms with E-state index in [2.05, 4.69) is 10.4 Å². The lowest BCUT2D eigenvalue weighted by Crippen LogP contribution is -2.49. The Morgan fingerprint density at radius 1 is 1.15 bits per heavy atom. The molecular weight excluding hydrogens is 555 g/mol. The lowest BCUT2D eigenvalue weighted by atomic mass is 10.2. The number of hydrogen-bond donors (Lipinski definition) is 2. The van der Waals surface area contributed by atoms with Crippen LogP contribution in [0.2, 0.25) is 5.02 Å². The van der Waals surface area contributed by atoms with Crippen molar-refractivity contribution >= 4 is 29.3 Å². The Kier molecular flexibility index (Phi) is 10.1. The third-order valence-corrected chi connectivity index (χ3v) is 5.44. The minimum Gasteiger partial charge on any atom is -0.489 e. The molecule has 2 aromatic carbocycles. The average Bonchev–Trinajstić information content (AvgIpc) is 3.32. The fourth-order valence-electron chi connectivity index (χ4n) is 3.27. The summed E-state index contributed by atoms with van der Waals surface area (Å²) in [5.74, 6) is -3.27. The molecule has 1 unspecified atom stereocenters. The van der Waals surface area contributed by atoms with Crippen LogP contribution in [0, 0.1) is 11.6 Å². The van der Waals surface area contributed by atoms with Gasteiger partial charge in [-0.2, -0.15) is 18.3 Å². The average molecular weight is 577 g/mol. The minimum atomic E-state index is -5.08. The number of halogens is 6. The zero-order valence-corrected chi connectivity index (χ0v) is 20.8. The number of carboxylic acid groups (broad SMARTS) is 1. The molecule has 1 aliphatic rings. The van der Waals surface area contributed by atoms with Gasteiger partial charge in [0.2, 0.25) is 0 Å². The molecule has 2 amide bonds. The Balaban J connectivity index is 0.000000532. The third kappa shape index (κ3) is 9.41. The van der Waals surface area contributed by atoms with Gasteiger partial charge in [-0.05, 0) is 29.8 Å². The van der Waals surface area contributed by atoms with E-state index in [0.717, 1.165) is 5.56 Å². The van der Waals surface area contributed by atoms with Crippen LogP contribution in [0.5, 0.6) is 5.75 Å². The number of rotatable bonds is 6. The van der Waals surface area contributed by atoms with E-state index in [1.807, 2.05) is 0 Å². The van der Waals surface area contributed by atoms with E-state index in [9.17, 15) is 26.7 Å². The van der Waals surface area contributed by atoms with Crippen molar-refractivity contribution in [3.63, 3.8) is 0 Å². The van der Waals surface area contributed by atoms with Crippen molar-refractivity contribution in [3.8, 4) is 5.75 Å². The number of ether oxygens (including phenoxy) is 2. The van der Waals surface area contributed by atoms with Crippen molar-refractivity contribution in [1.82, 2.24) is 14.7 Å². The second kappa shape index (κ2) is 13.2. The molecule has 210 valence electrons. The van der Waals surface area contributed by atoms with Crippen LogP contribution in [0.25, 0.3) is 0 Å². The highest BCUT2D eigenvalue weighted by molar-refractivity contribution is 6.32. The van der Waals surface area contributed by atoms with Gasteiger partial charge >= 0.3 is 18.2 Å². The summed E-state index contributed by atoms with van der Waals surface area (Å²) in [7, 11) is 0. The summed E-state index contributed by atoms with van der Waals surface area (Å²) in [5.41, 5.74) is 1.43. The van der Waals surface area contributed by atoms with Gasteiger partial charge in [-0.3, -0.25) is 4.68 Å². The second-order valence-electron chi connectivity index (χ2n) is 8.11. The summed E-state index contributed by atoms with van der Waals surface area (Å²) in [6, 6.07) is 9.74. The zero-order chi connectivity index (χ0) is 28.6. The van der Waals surface area contributed by atoms with E-state index >= 15 is 0 Å². The topological polar surface area (TPSA) is 106 Å². The first-order valence-corrected chi connectivity index (χ1v) is 11.6. The normalized spacial score (nSPS) is 15.2. The molecule has 4 rings (SSSR count). The molecule has 15 heteroatoms. The Labute approximate surface area is 223 Å². The minimum absolute atomic E-state index is 0.128. The maximum absolute atomic E-state index is 13.4. The number of carboxylic acids is 1. The van der Waals surface area contributed by atoms with Gasteiger partial charge in [-0.15, -0.1) is 0 Å². The molecule has 1 saturated heterocycles. The highest BCUT2D eigenvalue weighted by atomic mass is 35.5. The van der Waals surface area contributed by atoms with E-state index in [-0.39, 0.29) is 30.3 Å². The summed E-state index contributed by atoms with van der Waals surface area (Å²) in [6.45, 7) is 1.66. The monoisotopic (exact) mass is 576 g/mol. The fraction of sp³-hybridized carbons (Fsp3) is 0.292. The Morgan fingerprint density at radius 2 is 1.82 bits per heavy atom. The number of alkyl halides is 3. The molecule has 39 heavy (non-hydrogen) atoms. The first-order valence-electron chi connectivity index (χ1n) is 11.2. The summed E-state index contributed by atoms with van der Waals surface area (Å²) in [5, 5.41) is 14.5. The van der Waals surface area contributed by atoms with Crippen molar-refractivity contribution in [2.45, 2.75) is 18.8 Å². The number of nitrogens with zero attached hydrogens (tertiary/aromatic N) is 3. The summed E-state index contributed by atoms with van der Waals surface area (Å²) in [6.07, 6.45) is -2.21. The van der Waals surface area contributed by atoms with Gasteiger partial charge in [0.05, 0.1) is 36.6 Å². The van der Waals surface area contributed by atoms with Crippen LogP contribution in [0.15, 0.2) is 54.9 Å². The second-order valence-corrected chi connectivity index (χ2v) is 8.52. The fourth-order valence-corrected chi connectivity index (χ4v) is 3.44. The van der Waals surface area contributed by atoms with E-state index in [1.54, 1.807) is 34.1 Å². The number of morpholine rings is 1. The lowest BCUT2D eigenvalue weighted by molar-refractivity contribution is -0.192. The molecule has 2 N–H and O–H groups in total. The number of urea groups is 1. The van der Waals surface area contributed by atoms with Crippen LogP contribution in [-0.2, 0) is 16.1 Å². The van der Waals surface area contributed by atoms with Gasteiger partial charge < -0.3 is 24.8 Å². The van der Waals surface area contributed by atoms with Gasteiger partial charge in [-0.25, -0.2) is 18.4 Å². The largest absolute Gasteiger partial charge is 0.490 e. The van der Waals surface area contributed by atoms with Gasteiger partial charge in [0.1, 0.15) is 30.1 Å². The maximum Gasteiger partial charge on any atom is 0.490 e. The summed E-state index contributed by atoms with van der Waals surface area (Å²) >= 11 is 6.01. The van der Waals surface area contributed by atoms with Crippen LogP contribution in [-0.4, -0.2) is 70.4 Å². The number of carbonyl (C=O) groups is 2. The standard InChI is InChI=1S/C22H21ClF2N4O3.C2HF3O2/c23-20-6-5-17(25)9-21(20)32-14-19-13-28(7-8-31-19)22(30)27-18-10-26-29(12-18)11-15-1-3-16(24)4-2-15;3-2(4,5)1(6)7/h1-6,9-10,12,19H,7-8,11,13-14H2,(H,27,30);(H,6,7). The lowest BCUT2D eigenvalue weighted by Gasteiger charge is -2.32. The zero-order valence-electron chi connectivity index (χ0n) is 20.0. The first-order chi connectivity index (χ1) is 18.4. The number of hydrogen-bond acceptors (Lipinski definition) is 5. The highest BCUT2D eigenvalue weighted by Crippen LogP contribution is 2.25. The molecule has 1 aromatic heterocycles. The number of anilines is 1. The molecule has 1 fully saturated rings. The van der Waals surface area contributed by atoms with Crippen LogP contribution >= 0.6 is 11.6 Å². The van der Waals surface area contributed by atoms with Crippen molar-refractivity contribution < 1.29 is 46.1 Å². The van der Waals surface area contributed by atoms with E-state index in [1.165, 1.54) is 30.3 Å². The number of aromatic nitrogens is 2. The predicted octanol–water partition coefficient (Wildman–Crippen LogP) is 4.81. The van der Waals surface area contributed by atoms with Crippen LogP contribution in [0.1, 0.15) is 5.56 Å².